The predicted molar refractivity (Wildman–Crippen MR) is 83.6 cm³/mol. The molecule has 0 saturated carbocycles. The summed E-state index contributed by atoms with van der Waals surface area (Å²) < 4.78 is 5.07. The number of carbonyl (C=O) groups excluding carboxylic acids is 1. The lowest BCUT2D eigenvalue weighted by molar-refractivity contribution is -0.138. The van der Waals surface area contributed by atoms with Crippen LogP contribution in [0.2, 0.25) is 0 Å². The SMILES string of the molecule is CCOCC(=O)N[C@H](CC(=O)O)c1cccc2ccccc12. The van der Waals surface area contributed by atoms with Gasteiger partial charge in [0.25, 0.3) is 0 Å². The predicted octanol–water partition coefficient (Wildman–Crippen LogP) is 2.51. The number of nitrogens with one attached hydrogen (secondary N) is 1. The molecule has 0 bridgehead atoms. The zero-order chi connectivity index (χ0) is 15.9. The van der Waals surface area contributed by atoms with Gasteiger partial charge in [-0.25, -0.2) is 0 Å². The van der Waals surface area contributed by atoms with Crippen molar-refractivity contribution >= 4 is 22.6 Å². The highest BCUT2D eigenvalue weighted by Crippen LogP contribution is 2.26. The van der Waals surface area contributed by atoms with Crippen LogP contribution >= 0.6 is 0 Å². The maximum atomic E-state index is 11.9. The summed E-state index contributed by atoms with van der Waals surface area (Å²) in [6.45, 7) is 2.16. The molecule has 5 heteroatoms. The molecule has 2 N–H and O–H groups in total. The summed E-state index contributed by atoms with van der Waals surface area (Å²) in [5.74, 6) is -1.28. The highest BCUT2D eigenvalue weighted by Gasteiger charge is 2.19. The molecule has 2 aromatic carbocycles. The molecule has 1 atom stereocenters. The molecule has 5 nitrogen and oxygen atoms in total. The van der Waals surface area contributed by atoms with Gasteiger partial charge < -0.3 is 15.2 Å². The lowest BCUT2D eigenvalue weighted by atomic mass is 9.96. The molecular weight excluding hydrogens is 282 g/mol. The third kappa shape index (κ3) is 4.05. The Hall–Kier alpha value is -2.40. The zero-order valence-electron chi connectivity index (χ0n) is 12.4. The molecule has 0 radical (unpaired) electrons. The lowest BCUT2D eigenvalue weighted by Gasteiger charge is -2.19. The summed E-state index contributed by atoms with van der Waals surface area (Å²) >= 11 is 0. The van der Waals surface area contributed by atoms with Crippen LogP contribution in [0, 0.1) is 0 Å². The average molecular weight is 301 g/mol. The van der Waals surface area contributed by atoms with E-state index in [1.807, 2.05) is 42.5 Å². The Morgan fingerprint density at radius 3 is 2.64 bits per heavy atom. The second-order valence-electron chi connectivity index (χ2n) is 4.92. The molecule has 0 spiro atoms. The first-order chi connectivity index (χ1) is 10.6. The summed E-state index contributed by atoms with van der Waals surface area (Å²) in [5, 5.41) is 13.8. The van der Waals surface area contributed by atoms with Gasteiger partial charge in [0.05, 0.1) is 12.5 Å². The molecule has 0 aliphatic heterocycles. The number of fused-ring (bicyclic) bond motifs is 1. The Balaban J connectivity index is 2.31. The summed E-state index contributed by atoms with van der Waals surface area (Å²) in [6, 6.07) is 12.8. The number of aliphatic carboxylic acids is 1. The minimum Gasteiger partial charge on any atom is -0.481 e. The number of amides is 1. The van der Waals surface area contributed by atoms with Crippen molar-refractivity contribution in [2.75, 3.05) is 13.2 Å². The highest BCUT2D eigenvalue weighted by atomic mass is 16.5. The van der Waals surface area contributed by atoms with E-state index >= 15 is 0 Å². The van der Waals surface area contributed by atoms with E-state index in [0.29, 0.717) is 6.61 Å². The van der Waals surface area contributed by atoms with Crippen LogP contribution in [0.25, 0.3) is 10.8 Å². The number of ether oxygens (including phenoxy) is 1. The first-order valence-electron chi connectivity index (χ1n) is 7.18. The molecule has 0 unspecified atom stereocenters. The second-order valence-corrected chi connectivity index (χ2v) is 4.92. The van der Waals surface area contributed by atoms with Crippen LogP contribution in [-0.4, -0.2) is 30.2 Å². The molecule has 0 aliphatic rings. The van der Waals surface area contributed by atoms with Gasteiger partial charge in [-0.2, -0.15) is 0 Å². The van der Waals surface area contributed by atoms with Gasteiger partial charge in [-0.3, -0.25) is 9.59 Å². The van der Waals surface area contributed by atoms with Crippen LogP contribution in [0.4, 0.5) is 0 Å². The van der Waals surface area contributed by atoms with Gasteiger partial charge in [-0.1, -0.05) is 42.5 Å². The largest absolute Gasteiger partial charge is 0.481 e. The summed E-state index contributed by atoms with van der Waals surface area (Å²) in [6.07, 6.45) is -0.175. The van der Waals surface area contributed by atoms with Crippen molar-refractivity contribution in [3.8, 4) is 0 Å². The van der Waals surface area contributed by atoms with E-state index in [-0.39, 0.29) is 18.9 Å². The molecular formula is C17H19NO4. The van der Waals surface area contributed by atoms with Gasteiger partial charge in [0.15, 0.2) is 0 Å². The van der Waals surface area contributed by atoms with Crippen LogP contribution in [0.1, 0.15) is 24.9 Å². The highest BCUT2D eigenvalue weighted by molar-refractivity contribution is 5.87. The van der Waals surface area contributed by atoms with Gasteiger partial charge in [0.1, 0.15) is 6.61 Å². The molecule has 116 valence electrons. The standard InChI is InChI=1S/C17H19NO4/c1-2-22-11-16(19)18-15(10-17(20)21)14-9-5-7-12-6-3-4-8-13(12)14/h3-9,15H,2,10-11H2,1H3,(H,18,19)(H,20,21)/t15-/m1/s1. The molecule has 0 saturated heterocycles. The first-order valence-corrected chi connectivity index (χ1v) is 7.18. The topological polar surface area (TPSA) is 75.6 Å². The van der Waals surface area contributed by atoms with E-state index in [2.05, 4.69) is 5.32 Å². The van der Waals surface area contributed by atoms with Crippen LogP contribution in [-0.2, 0) is 14.3 Å². The molecule has 0 aromatic heterocycles. The smallest absolute Gasteiger partial charge is 0.305 e. The van der Waals surface area contributed by atoms with Gasteiger partial charge >= 0.3 is 5.97 Å². The number of carbonyl (C=O) groups is 2. The fraction of sp³-hybridized carbons (Fsp3) is 0.294. The van der Waals surface area contributed by atoms with Crippen LogP contribution in [0.15, 0.2) is 42.5 Å². The quantitative estimate of drug-likeness (QED) is 0.824. The molecule has 0 aliphatic carbocycles. The summed E-state index contributed by atoms with van der Waals surface area (Å²) in [4.78, 5) is 23.0. The van der Waals surface area contributed by atoms with E-state index in [9.17, 15) is 9.59 Å². The van der Waals surface area contributed by atoms with Crippen molar-refractivity contribution < 1.29 is 19.4 Å². The van der Waals surface area contributed by atoms with E-state index in [0.717, 1.165) is 16.3 Å². The number of rotatable bonds is 7. The monoisotopic (exact) mass is 301 g/mol. The minimum atomic E-state index is -0.963. The van der Waals surface area contributed by atoms with E-state index < -0.39 is 12.0 Å². The van der Waals surface area contributed by atoms with Crippen LogP contribution in [0.3, 0.4) is 0 Å². The van der Waals surface area contributed by atoms with E-state index in [4.69, 9.17) is 9.84 Å². The third-order valence-electron chi connectivity index (χ3n) is 3.35. The number of benzene rings is 2. The Morgan fingerprint density at radius 1 is 1.18 bits per heavy atom. The molecule has 0 heterocycles. The van der Waals surface area contributed by atoms with Crippen LogP contribution < -0.4 is 5.32 Å². The van der Waals surface area contributed by atoms with Crippen LogP contribution in [0.5, 0.6) is 0 Å². The van der Waals surface area contributed by atoms with Gasteiger partial charge in [-0.05, 0) is 23.3 Å². The summed E-state index contributed by atoms with van der Waals surface area (Å²) in [5.41, 5.74) is 0.797. The zero-order valence-corrected chi connectivity index (χ0v) is 12.4. The van der Waals surface area contributed by atoms with Gasteiger partial charge in [0, 0.05) is 6.61 Å². The van der Waals surface area contributed by atoms with Crippen molar-refractivity contribution in [2.24, 2.45) is 0 Å². The van der Waals surface area contributed by atoms with Crippen molar-refractivity contribution in [1.82, 2.24) is 5.32 Å². The molecule has 2 aromatic rings. The van der Waals surface area contributed by atoms with Crippen molar-refractivity contribution in [1.29, 1.82) is 0 Å². The minimum absolute atomic E-state index is 0.0720. The van der Waals surface area contributed by atoms with E-state index in [1.54, 1.807) is 6.92 Å². The Labute approximate surface area is 128 Å². The van der Waals surface area contributed by atoms with Gasteiger partial charge in [-0.15, -0.1) is 0 Å². The number of hydrogen-bond acceptors (Lipinski definition) is 3. The lowest BCUT2D eigenvalue weighted by Crippen LogP contribution is -2.33. The maximum Gasteiger partial charge on any atom is 0.305 e. The number of carboxylic acid groups (broad SMARTS) is 1. The normalized spacial score (nSPS) is 12.0. The second kappa shape index (κ2) is 7.56. The Kier molecular flexibility index (Phi) is 5.49. The Bertz CT molecular complexity index is 663. The van der Waals surface area contributed by atoms with Crippen molar-refractivity contribution in [3.05, 3.63) is 48.0 Å². The molecule has 0 fully saturated rings. The molecule has 2 rings (SSSR count). The number of carboxylic acids is 1. The van der Waals surface area contributed by atoms with Crippen molar-refractivity contribution in [3.63, 3.8) is 0 Å². The fourth-order valence-corrected chi connectivity index (χ4v) is 2.40. The third-order valence-corrected chi connectivity index (χ3v) is 3.35. The van der Waals surface area contributed by atoms with Gasteiger partial charge in [0.2, 0.25) is 5.91 Å². The van der Waals surface area contributed by atoms with Crippen molar-refractivity contribution in [2.45, 2.75) is 19.4 Å². The number of hydrogen-bond donors (Lipinski definition) is 2. The maximum absolute atomic E-state index is 11.9. The molecule has 1 amide bonds. The molecule has 22 heavy (non-hydrogen) atoms. The fourth-order valence-electron chi connectivity index (χ4n) is 2.40. The Morgan fingerprint density at radius 2 is 1.91 bits per heavy atom. The van der Waals surface area contributed by atoms with E-state index in [1.165, 1.54) is 0 Å². The average Bonchev–Trinajstić information content (AvgIpc) is 2.51. The summed E-state index contributed by atoms with van der Waals surface area (Å²) in [7, 11) is 0. The first kappa shape index (κ1) is 16.0.